The van der Waals surface area contributed by atoms with Crippen LogP contribution in [0.3, 0.4) is 0 Å². The number of carbonyl (C=O) groups excluding carboxylic acids is 2. The van der Waals surface area contributed by atoms with Crippen LogP contribution in [-0.2, 0) is 9.53 Å². The molecule has 3 N–H and O–H groups in total. The molecule has 3 heterocycles. The minimum atomic E-state index is -0.624. The largest absolute Gasteiger partial charge is 0.442 e. The molecule has 2 aromatic heterocycles. The van der Waals surface area contributed by atoms with Crippen LogP contribution >= 0.6 is 0 Å². The maximum atomic E-state index is 12.6. The molecular formula is C31H31N7O3. The predicted octanol–water partition coefficient (Wildman–Crippen LogP) is 5.86. The molecule has 0 spiro atoms. The standard InChI is InChI=1S/C31H31N7O3/c1-31(2,3)41-30(40)38-26-14-13-22(17-20(26)18-33-38)34-28-23-10-4-5-11-24(23)36-27(37-28)19-8-6-9-21(16-19)35-29(39)25-12-7-15-32-25/h4-6,8-11,13-14,16-18,25,32H,7,12,15H2,1-3H3,(H,35,39)(H,34,36,37). The van der Waals surface area contributed by atoms with Crippen LogP contribution in [0.2, 0.25) is 0 Å². The lowest BCUT2D eigenvalue weighted by atomic mass is 10.1. The number of ether oxygens (including phenoxy) is 1. The fourth-order valence-corrected chi connectivity index (χ4v) is 4.87. The molecule has 41 heavy (non-hydrogen) atoms. The Kier molecular flexibility index (Phi) is 6.84. The summed E-state index contributed by atoms with van der Waals surface area (Å²) in [4.78, 5) is 34.9. The molecule has 1 atom stereocenters. The van der Waals surface area contributed by atoms with Crippen molar-refractivity contribution < 1.29 is 14.3 Å². The lowest BCUT2D eigenvalue weighted by molar-refractivity contribution is -0.117. The van der Waals surface area contributed by atoms with E-state index in [9.17, 15) is 9.59 Å². The fraction of sp³-hybridized carbons (Fsp3) is 0.258. The summed E-state index contributed by atoms with van der Waals surface area (Å²) in [6.45, 7) is 6.31. The highest BCUT2D eigenvalue weighted by atomic mass is 16.6. The molecule has 0 bridgehead atoms. The van der Waals surface area contributed by atoms with Crippen molar-refractivity contribution >= 4 is 51.0 Å². The summed E-state index contributed by atoms with van der Waals surface area (Å²) in [5, 5.41) is 15.5. The molecule has 1 unspecified atom stereocenters. The van der Waals surface area contributed by atoms with Crippen molar-refractivity contribution in [3.63, 3.8) is 0 Å². The van der Waals surface area contributed by atoms with Gasteiger partial charge in [0.05, 0.1) is 23.3 Å². The Morgan fingerprint density at radius 3 is 2.66 bits per heavy atom. The Morgan fingerprint density at radius 1 is 1.00 bits per heavy atom. The van der Waals surface area contributed by atoms with Gasteiger partial charge in [-0.05, 0) is 82.6 Å². The Labute approximate surface area is 237 Å². The quantitative estimate of drug-likeness (QED) is 0.249. The summed E-state index contributed by atoms with van der Waals surface area (Å²) in [7, 11) is 0. The molecule has 1 aliphatic rings. The smallest absolute Gasteiger partial charge is 0.435 e. The molecule has 0 saturated carbocycles. The van der Waals surface area contributed by atoms with Gasteiger partial charge in [-0.25, -0.2) is 14.8 Å². The second kappa shape index (κ2) is 10.6. The number of fused-ring (bicyclic) bond motifs is 2. The lowest BCUT2D eigenvalue weighted by Crippen LogP contribution is -2.35. The average Bonchev–Trinajstić information content (AvgIpc) is 3.63. The number of anilines is 3. The highest BCUT2D eigenvalue weighted by Crippen LogP contribution is 2.30. The van der Waals surface area contributed by atoms with E-state index in [0.29, 0.717) is 22.8 Å². The van der Waals surface area contributed by atoms with E-state index in [4.69, 9.17) is 14.7 Å². The van der Waals surface area contributed by atoms with Crippen LogP contribution in [0.1, 0.15) is 33.6 Å². The summed E-state index contributed by atoms with van der Waals surface area (Å²) >= 11 is 0. The van der Waals surface area contributed by atoms with Gasteiger partial charge in [-0.2, -0.15) is 9.78 Å². The average molecular weight is 550 g/mol. The summed E-state index contributed by atoms with van der Waals surface area (Å²) < 4.78 is 6.74. The van der Waals surface area contributed by atoms with Crippen molar-refractivity contribution in [2.75, 3.05) is 17.2 Å². The Balaban J connectivity index is 1.30. The van der Waals surface area contributed by atoms with E-state index in [2.05, 4.69) is 21.0 Å². The predicted molar refractivity (Wildman–Crippen MR) is 159 cm³/mol. The van der Waals surface area contributed by atoms with Gasteiger partial charge in [0.1, 0.15) is 11.4 Å². The summed E-state index contributed by atoms with van der Waals surface area (Å²) in [6.07, 6.45) is 2.94. The molecule has 1 fully saturated rings. The third-order valence-electron chi connectivity index (χ3n) is 6.77. The molecule has 10 heteroatoms. The van der Waals surface area contributed by atoms with Crippen LogP contribution in [0.25, 0.3) is 33.2 Å². The van der Waals surface area contributed by atoms with E-state index in [-0.39, 0.29) is 11.9 Å². The zero-order chi connectivity index (χ0) is 28.6. The number of nitrogens with zero attached hydrogens (tertiary/aromatic N) is 4. The van der Waals surface area contributed by atoms with Crippen molar-refractivity contribution in [1.29, 1.82) is 0 Å². The molecule has 5 aromatic rings. The normalized spacial score (nSPS) is 15.2. The van der Waals surface area contributed by atoms with E-state index >= 15 is 0 Å². The van der Waals surface area contributed by atoms with E-state index in [0.717, 1.165) is 46.9 Å². The minimum Gasteiger partial charge on any atom is -0.442 e. The number of aromatic nitrogens is 4. The summed E-state index contributed by atoms with van der Waals surface area (Å²) in [6, 6.07) is 20.8. The number of hydrogen-bond donors (Lipinski definition) is 3. The van der Waals surface area contributed by atoms with Crippen molar-refractivity contribution in [2.45, 2.75) is 45.3 Å². The zero-order valence-corrected chi connectivity index (χ0v) is 23.1. The third-order valence-corrected chi connectivity index (χ3v) is 6.77. The lowest BCUT2D eigenvalue weighted by Gasteiger charge is -2.19. The van der Waals surface area contributed by atoms with E-state index in [1.54, 1.807) is 6.20 Å². The van der Waals surface area contributed by atoms with Gasteiger partial charge in [-0.3, -0.25) is 4.79 Å². The molecule has 0 radical (unpaired) electrons. The van der Waals surface area contributed by atoms with Gasteiger partial charge >= 0.3 is 6.09 Å². The van der Waals surface area contributed by atoms with Crippen LogP contribution in [0.5, 0.6) is 0 Å². The monoisotopic (exact) mass is 549 g/mol. The number of rotatable bonds is 5. The van der Waals surface area contributed by atoms with Gasteiger partial charge in [-0.15, -0.1) is 0 Å². The first-order chi connectivity index (χ1) is 19.7. The molecule has 10 nitrogen and oxygen atoms in total. The first-order valence-electron chi connectivity index (χ1n) is 13.6. The maximum absolute atomic E-state index is 12.6. The van der Waals surface area contributed by atoms with Crippen LogP contribution < -0.4 is 16.0 Å². The van der Waals surface area contributed by atoms with Gasteiger partial charge in [0.2, 0.25) is 5.91 Å². The third kappa shape index (κ3) is 5.73. The second-order valence-electron chi connectivity index (χ2n) is 11.1. The van der Waals surface area contributed by atoms with Gasteiger partial charge in [0.15, 0.2) is 5.82 Å². The van der Waals surface area contributed by atoms with E-state index < -0.39 is 11.7 Å². The zero-order valence-electron chi connectivity index (χ0n) is 23.1. The topological polar surface area (TPSA) is 123 Å². The van der Waals surface area contributed by atoms with Crippen molar-refractivity contribution in [2.24, 2.45) is 0 Å². The second-order valence-corrected chi connectivity index (χ2v) is 11.1. The summed E-state index contributed by atoms with van der Waals surface area (Å²) in [5.41, 5.74) is 3.06. The van der Waals surface area contributed by atoms with Crippen LogP contribution in [0.4, 0.5) is 22.0 Å². The van der Waals surface area contributed by atoms with Crippen LogP contribution in [0.15, 0.2) is 72.9 Å². The molecule has 1 aliphatic heterocycles. The molecule has 208 valence electrons. The minimum absolute atomic E-state index is 0.0354. The number of nitrogens with one attached hydrogen (secondary N) is 3. The first-order valence-corrected chi connectivity index (χ1v) is 13.6. The molecule has 6 rings (SSSR count). The van der Waals surface area contributed by atoms with Gasteiger partial charge in [0.25, 0.3) is 0 Å². The number of benzene rings is 3. The number of carbonyl (C=O) groups is 2. The number of amides is 1. The number of para-hydroxylation sites is 1. The summed E-state index contributed by atoms with van der Waals surface area (Å²) in [5.74, 6) is 1.13. The van der Waals surface area contributed by atoms with E-state index in [1.165, 1.54) is 4.68 Å². The van der Waals surface area contributed by atoms with Gasteiger partial charge in [0, 0.05) is 27.7 Å². The van der Waals surface area contributed by atoms with Crippen LogP contribution in [-0.4, -0.2) is 49.9 Å². The van der Waals surface area contributed by atoms with Crippen LogP contribution in [0, 0.1) is 0 Å². The molecule has 0 aliphatic carbocycles. The Hall–Kier alpha value is -4.83. The molecule has 1 amide bonds. The Bertz CT molecular complexity index is 1770. The van der Waals surface area contributed by atoms with Gasteiger partial charge < -0.3 is 20.7 Å². The highest BCUT2D eigenvalue weighted by Gasteiger charge is 2.22. The van der Waals surface area contributed by atoms with Crippen molar-refractivity contribution in [3.05, 3.63) is 72.9 Å². The first kappa shape index (κ1) is 26.4. The molecule has 3 aromatic carbocycles. The SMILES string of the molecule is CC(C)(C)OC(=O)n1ncc2cc(Nc3nc(-c4cccc(NC(=O)C5CCCN5)c4)nc4ccccc34)ccc21. The highest BCUT2D eigenvalue weighted by molar-refractivity contribution is 5.96. The van der Waals surface area contributed by atoms with Crippen molar-refractivity contribution in [3.8, 4) is 11.4 Å². The number of hydrogen-bond acceptors (Lipinski definition) is 8. The molecular weight excluding hydrogens is 518 g/mol. The maximum Gasteiger partial charge on any atom is 0.435 e. The van der Waals surface area contributed by atoms with Gasteiger partial charge in [-0.1, -0.05) is 24.3 Å². The Morgan fingerprint density at radius 2 is 1.85 bits per heavy atom. The fourth-order valence-electron chi connectivity index (χ4n) is 4.87. The van der Waals surface area contributed by atoms with E-state index in [1.807, 2.05) is 87.5 Å². The molecule has 1 saturated heterocycles. The van der Waals surface area contributed by atoms with Crippen molar-refractivity contribution in [1.82, 2.24) is 25.1 Å².